The number of aryl methyl sites for hydroxylation is 1. The second-order valence-electron chi connectivity index (χ2n) is 7.27. The van der Waals surface area contributed by atoms with Crippen LogP contribution in [0.1, 0.15) is 32.2 Å². The maximum Gasteiger partial charge on any atom is 0.231 e. The first kappa shape index (κ1) is 15.7. The van der Waals surface area contributed by atoms with Crippen LogP contribution in [0.2, 0.25) is 0 Å². The highest BCUT2D eigenvalue weighted by molar-refractivity contribution is 5.58. The van der Waals surface area contributed by atoms with E-state index in [0.29, 0.717) is 0 Å². The lowest BCUT2D eigenvalue weighted by Gasteiger charge is -2.14. The van der Waals surface area contributed by atoms with Crippen molar-refractivity contribution in [2.75, 3.05) is 6.79 Å². The Hall–Kier alpha value is -2.82. The van der Waals surface area contributed by atoms with E-state index in [-0.39, 0.29) is 12.2 Å². The quantitative estimate of drug-likeness (QED) is 0.702. The molecule has 0 saturated heterocycles. The highest BCUT2D eigenvalue weighted by atomic mass is 16.7. The minimum atomic E-state index is -0.0554. The van der Waals surface area contributed by atoms with Crippen LogP contribution in [-0.4, -0.2) is 21.3 Å². The van der Waals surface area contributed by atoms with Crippen LogP contribution < -0.4 is 9.47 Å². The lowest BCUT2D eigenvalue weighted by atomic mass is 9.93. The number of pyridine rings is 1. The Morgan fingerprint density at radius 2 is 1.80 bits per heavy atom. The van der Waals surface area contributed by atoms with Gasteiger partial charge in [-0.2, -0.15) is 0 Å². The first-order valence-electron chi connectivity index (χ1n) is 8.36. The molecular weight excluding hydrogens is 314 g/mol. The summed E-state index contributed by atoms with van der Waals surface area (Å²) in [6.07, 6.45) is 2.08. The summed E-state index contributed by atoms with van der Waals surface area (Å²) in [5, 5.41) is 0. The van der Waals surface area contributed by atoms with Gasteiger partial charge < -0.3 is 9.47 Å². The summed E-state index contributed by atoms with van der Waals surface area (Å²) in [5.74, 6) is 2.36. The van der Waals surface area contributed by atoms with Crippen LogP contribution in [0.15, 0.2) is 42.6 Å². The number of rotatable bonds is 2. The van der Waals surface area contributed by atoms with E-state index in [1.807, 2.05) is 43.3 Å². The molecule has 5 nitrogen and oxygen atoms in total. The minimum absolute atomic E-state index is 0.0554. The Bertz CT molecular complexity index is 938. The molecule has 0 unspecified atom stereocenters. The van der Waals surface area contributed by atoms with E-state index >= 15 is 0 Å². The Morgan fingerprint density at radius 1 is 1.00 bits per heavy atom. The monoisotopic (exact) mass is 335 g/mol. The number of fused-ring (bicyclic) bond motifs is 1. The molecule has 0 saturated carbocycles. The van der Waals surface area contributed by atoms with Gasteiger partial charge in [-0.05, 0) is 31.2 Å². The standard InChI is InChI=1S/C20H21N3O2/c1-13-6-5-7-15(21-13)19-22-18(20(2,3)4)11-23(19)14-8-9-16-17(10-14)25-12-24-16/h5-11H,12H2,1-4H3. The Balaban J connectivity index is 1.90. The van der Waals surface area contributed by atoms with Crippen LogP contribution in [0.5, 0.6) is 11.5 Å². The number of imidazole rings is 1. The molecule has 0 N–H and O–H groups in total. The van der Waals surface area contributed by atoms with Gasteiger partial charge in [0.2, 0.25) is 6.79 Å². The molecule has 128 valence electrons. The molecule has 3 aromatic rings. The maximum atomic E-state index is 5.53. The highest BCUT2D eigenvalue weighted by Gasteiger charge is 2.23. The molecule has 0 aliphatic carbocycles. The molecule has 0 fully saturated rings. The van der Waals surface area contributed by atoms with Gasteiger partial charge >= 0.3 is 0 Å². The third kappa shape index (κ3) is 2.86. The van der Waals surface area contributed by atoms with Gasteiger partial charge in [-0.15, -0.1) is 0 Å². The van der Waals surface area contributed by atoms with Crippen molar-refractivity contribution < 1.29 is 9.47 Å². The van der Waals surface area contributed by atoms with Gasteiger partial charge in [0.15, 0.2) is 17.3 Å². The van der Waals surface area contributed by atoms with Gasteiger partial charge in [0, 0.05) is 23.4 Å². The third-order valence-corrected chi connectivity index (χ3v) is 4.23. The fraction of sp³-hybridized carbons (Fsp3) is 0.300. The van der Waals surface area contributed by atoms with Gasteiger partial charge in [0.25, 0.3) is 0 Å². The number of hydrogen-bond acceptors (Lipinski definition) is 4. The maximum absolute atomic E-state index is 5.53. The van der Waals surface area contributed by atoms with Gasteiger partial charge in [-0.3, -0.25) is 4.57 Å². The lowest BCUT2D eigenvalue weighted by Crippen LogP contribution is -2.11. The Labute approximate surface area is 147 Å². The van der Waals surface area contributed by atoms with Crippen LogP contribution in [0.25, 0.3) is 17.2 Å². The lowest BCUT2D eigenvalue weighted by molar-refractivity contribution is 0.174. The number of aromatic nitrogens is 3. The zero-order valence-electron chi connectivity index (χ0n) is 14.9. The van der Waals surface area contributed by atoms with Crippen molar-refractivity contribution in [2.24, 2.45) is 0 Å². The summed E-state index contributed by atoms with van der Waals surface area (Å²) in [6, 6.07) is 11.9. The predicted molar refractivity (Wildman–Crippen MR) is 96.4 cm³/mol. The van der Waals surface area contributed by atoms with Crippen molar-refractivity contribution >= 4 is 0 Å². The van der Waals surface area contributed by atoms with E-state index in [2.05, 4.69) is 36.5 Å². The SMILES string of the molecule is Cc1cccc(-c2nc(C(C)(C)C)cn2-c2ccc3c(c2)OCO3)n1. The van der Waals surface area contributed by atoms with E-state index in [1.54, 1.807) is 0 Å². The van der Waals surface area contributed by atoms with Gasteiger partial charge in [-0.25, -0.2) is 9.97 Å². The van der Waals surface area contributed by atoms with E-state index < -0.39 is 0 Å². The van der Waals surface area contributed by atoms with Crippen molar-refractivity contribution in [1.29, 1.82) is 0 Å². The van der Waals surface area contributed by atoms with Crippen molar-refractivity contribution in [3.05, 3.63) is 54.0 Å². The van der Waals surface area contributed by atoms with E-state index in [0.717, 1.165) is 40.1 Å². The molecule has 0 amide bonds. The first-order valence-corrected chi connectivity index (χ1v) is 8.36. The molecule has 2 aromatic heterocycles. The van der Waals surface area contributed by atoms with E-state index in [4.69, 9.17) is 14.5 Å². The summed E-state index contributed by atoms with van der Waals surface area (Å²) in [7, 11) is 0. The number of benzene rings is 1. The molecule has 0 atom stereocenters. The molecule has 3 heterocycles. The average molecular weight is 335 g/mol. The molecule has 0 radical (unpaired) electrons. The Morgan fingerprint density at radius 3 is 2.56 bits per heavy atom. The topological polar surface area (TPSA) is 49.2 Å². The first-order chi connectivity index (χ1) is 11.9. The minimum Gasteiger partial charge on any atom is -0.454 e. The zero-order valence-corrected chi connectivity index (χ0v) is 14.9. The highest BCUT2D eigenvalue weighted by Crippen LogP contribution is 2.35. The molecule has 0 bridgehead atoms. The molecule has 1 aliphatic heterocycles. The second-order valence-corrected chi connectivity index (χ2v) is 7.27. The van der Waals surface area contributed by atoms with Crippen molar-refractivity contribution in [1.82, 2.24) is 14.5 Å². The van der Waals surface area contributed by atoms with Crippen LogP contribution >= 0.6 is 0 Å². The smallest absolute Gasteiger partial charge is 0.231 e. The van der Waals surface area contributed by atoms with Crippen LogP contribution in [0, 0.1) is 6.92 Å². The van der Waals surface area contributed by atoms with Gasteiger partial charge in [0.1, 0.15) is 5.69 Å². The normalized spacial score (nSPS) is 13.3. The summed E-state index contributed by atoms with van der Waals surface area (Å²) in [5.41, 5.74) is 3.76. The van der Waals surface area contributed by atoms with Crippen LogP contribution in [-0.2, 0) is 5.41 Å². The molecule has 0 spiro atoms. The summed E-state index contributed by atoms with van der Waals surface area (Å²) in [4.78, 5) is 9.55. The second kappa shape index (κ2) is 5.62. The van der Waals surface area contributed by atoms with E-state index in [1.165, 1.54) is 0 Å². The fourth-order valence-electron chi connectivity index (χ4n) is 2.82. The van der Waals surface area contributed by atoms with Crippen LogP contribution in [0.3, 0.4) is 0 Å². The zero-order chi connectivity index (χ0) is 17.6. The largest absolute Gasteiger partial charge is 0.454 e. The molecule has 1 aromatic carbocycles. The third-order valence-electron chi connectivity index (χ3n) is 4.23. The fourth-order valence-corrected chi connectivity index (χ4v) is 2.82. The van der Waals surface area contributed by atoms with Gasteiger partial charge in [0.05, 0.1) is 11.4 Å². The number of ether oxygens (including phenoxy) is 2. The van der Waals surface area contributed by atoms with Crippen LogP contribution in [0.4, 0.5) is 0 Å². The molecule has 1 aliphatic rings. The predicted octanol–water partition coefficient (Wildman–Crippen LogP) is 4.27. The number of hydrogen-bond donors (Lipinski definition) is 0. The summed E-state index contributed by atoms with van der Waals surface area (Å²) < 4.78 is 13.0. The molecule has 4 rings (SSSR count). The summed E-state index contributed by atoms with van der Waals surface area (Å²) in [6.45, 7) is 8.73. The molecule has 25 heavy (non-hydrogen) atoms. The number of nitrogens with zero attached hydrogens (tertiary/aromatic N) is 3. The molecule has 5 heteroatoms. The molecular formula is C20H21N3O2. The average Bonchev–Trinajstić information content (AvgIpc) is 3.20. The van der Waals surface area contributed by atoms with Crippen molar-refractivity contribution in [3.63, 3.8) is 0 Å². The van der Waals surface area contributed by atoms with Crippen molar-refractivity contribution in [2.45, 2.75) is 33.1 Å². The van der Waals surface area contributed by atoms with Gasteiger partial charge in [-0.1, -0.05) is 26.8 Å². The Kier molecular flexibility index (Phi) is 3.53. The summed E-state index contributed by atoms with van der Waals surface area (Å²) >= 11 is 0. The van der Waals surface area contributed by atoms with Crippen molar-refractivity contribution in [3.8, 4) is 28.7 Å². The van der Waals surface area contributed by atoms with E-state index in [9.17, 15) is 0 Å².